The van der Waals surface area contributed by atoms with Crippen LogP contribution in [-0.2, 0) is 0 Å². The first kappa shape index (κ1) is 12.2. The molecule has 0 aliphatic heterocycles. The predicted octanol–water partition coefficient (Wildman–Crippen LogP) is 0.427. The molecule has 3 nitrogen and oxygen atoms in total. The van der Waals surface area contributed by atoms with E-state index in [0.29, 0.717) is 0 Å². The van der Waals surface area contributed by atoms with E-state index < -0.39 is 0 Å². The van der Waals surface area contributed by atoms with Gasteiger partial charge in [0.15, 0.2) is 0 Å². The number of nitrogens with zero attached hydrogens (tertiary/aromatic N) is 1. The van der Waals surface area contributed by atoms with Gasteiger partial charge in [0.1, 0.15) is 0 Å². The Morgan fingerprint density at radius 3 is 2.62 bits per heavy atom. The molecule has 76 valence electrons. The summed E-state index contributed by atoms with van der Waals surface area (Å²) in [5.74, 6) is 0. The second-order valence-electron chi connectivity index (χ2n) is 3.05. The van der Waals surface area contributed by atoms with Crippen LogP contribution in [0.25, 0.3) is 0 Å². The van der Waals surface area contributed by atoms with Crippen LogP contribution in [0.5, 0.6) is 0 Å². The molecular weight excluding hydrogens is 162 g/mol. The third-order valence-corrected chi connectivity index (χ3v) is 1.79. The lowest BCUT2D eigenvalue weighted by Gasteiger charge is -2.16. The van der Waals surface area contributed by atoms with Gasteiger partial charge in [-0.1, -0.05) is 12.7 Å². The van der Waals surface area contributed by atoms with Gasteiger partial charge >= 0.3 is 0 Å². The van der Waals surface area contributed by atoms with E-state index in [1.54, 1.807) is 0 Å². The number of likely N-dealkylation sites (N-methyl/N-ethyl adjacent to an activating group) is 2. The first-order valence-electron chi connectivity index (χ1n) is 4.56. The minimum atomic E-state index is 0.937. The Hall–Kier alpha value is -0.800. The van der Waals surface area contributed by atoms with Crippen molar-refractivity contribution in [2.75, 3.05) is 40.8 Å². The van der Waals surface area contributed by atoms with Crippen molar-refractivity contribution in [3.8, 4) is 0 Å². The molecule has 0 saturated carbocycles. The molecule has 0 spiro atoms. The second kappa shape index (κ2) is 7.83. The number of rotatable bonds is 7. The summed E-state index contributed by atoms with van der Waals surface area (Å²) in [5.41, 5.74) is 1.21. The lowest BCUT2D eigenvalue weighted by molar-refractivity contribution is 0.365. The first-order valence-corrected chi connectivity index (χ1v) is 4.56. The van der Waals surface area contributed by atoms with Crippen molar-refractivity contribution < 1.29 is 0 Å². The summed E-state index contributed by atoms with van der Waals surface area (Å²) in [6.07, 6.45) is 3.86. The SMILES string of the molecule is C=C/C(=C\NC)CN(C)CCNC. The van der Waals surface area contributed by atoms with Crippen LogP contribution in [0, 0.1) is 0 Å². The highest BCUT2D eigenvalue weighted by molar-refractivity contribution is 5.16. The van der Waals surface area contributed by atoms with Crippen LogP contribution in [0.2, 0.25) is 0 Å². The van der Waals surface area contributed by atoms with Crippen molar-refractivity contribution in [1.82, 2.24) is 15.5 Å². The molecule has 0 atom stereocenters. The molecule has 0 fully saturated rings. The largest absolute Gasteiger partial charge is 0.394 e. The summed E-state index contributed by atoms with van der Waals surface area (Å²) in [5, 5.41) is 6.12. The molecule has 0 amide bonds. The van der Waals surface area contributed by atoms with Gasteiger partial charge in [-0.25, -0.2) is 0 Å². The fourth-order valence-electron chi connectivity index (χ4n) is 1.05. The quantitative estimate of drug-likeness (QED) is 0.560. The lowest BCUT2D eigenvalue weighted by Crippen LogP contribution is -2.29. The summed E-state index contributed by atoms with van der Waals surface area (Å²) < 4.78 is 0. The Kier molecular flexibility index (Phi) is 7.35. The van der Waals surface area contributed by atoms with Crippen molar-refractivity contribution in [3.05, 3.63) is 24.4 Å². The molecule has 3 heteroatoms. The predicted molar refractivity (Wildman–Crippen MR) is 58.8 cm³/mol. The van der Waals surface area contributed by atoms with Crippen LogP contribution < -0.4 is 10.6 Å². The molecule has 2 N–H and O–H groups in total. The van der Waals surface area contributed by atoms with Gasteiger partial charge in [-0.3, -0.25) is 0 Å². The zero-order chi connectivity index (χ0) is 10.1. The molecule has 0 bridgehead atoms. The van der Waals surface area contributed by atoms with E-state index in [9.17, 15) is 0 Å². The van der Waals surface area contributed by atoms with Crippen molar-refractivity contribution >= 4 is 0 Å². The Bertz CT molecular complexity index is 164. The fraction of sp³-hybridized carbons (Fsp3) is 0.600. The molecule has 0 aromatic rings. The Balaban J connectivity index is 3.79. The summed E-state index contributed by atoms with van der Waals surface area (Å²) in [7, 11) is 5.97. The zero-order valence-electron chi connectivity index (χ0n) is 8.93. The monoisotopic (exact) mass is 183 g/mol. The summed E-state index contributed by atoms with van der Waals surface area (Å²) in [6.45, 7) is 6.76. The van der Waals surface area contributed by atoms with Crippen molar-refractivity contribution in [2.24, 2.45) is 0 Å². The van der Waals surface area contributed by atoms with Gasteiger partial charge < -0.3 is 15.5 Å². The fourth-order valence-corrected chi connectivity index (χ4v) is 1.05. The van der Waals surface area contributed by atoms with Gasteiger partial charge in [-0.05, 0) is 19.7 Å². The van der Waals surface area contributed by atoms with E-state index in [-0.39, 0.29) is 0 Å². The topological polar surface area (TPSA) is 27.3 Å². The number of hydrogen-bond donors (Lipinski definition) is 2. The number of hydrogen-bond acceptors (Lipinski definition) is 3. The molecule has 0 radical (unpaired) electrons. The molecule has 0 aliphatic rings. The smallest absolute Gasteiger partial charge is 0.0245 e. The summed E-state index contributed by atoms with van der Waals surface area (Å²) in [6, 6.07) is 0. The van der Waals surface area contributed by atoms with Crippen LogP contribution in [0.3, 0.4) is 0 Å². The van der Waals surface area contributed by atoms with Crippen LogP contribution in [-0.4, -0.2) is 45.7 Å². The summed E-state index contributed by atoms with van der Waals surface area (Å²) in [4.78, 5) is 2.25. The van der Waals surface area contributed by atoms with E-state index in [0.717, 1.165) is 19.6 Å². The average Bonchev–Trinajstić information content (AvgIpc) is 2.14. The van der Waals surface area contributed by atoms with Crippen molar-refractivity contribution in [3.63, 3.8) is 0 Å². The molecule has 0 aromatic heterocycles. The third-order valence-electron chi connectivity index (χ3n) is 1.79. The molecular formula is C10H21N3. The molecule has 0 aromatic carbocycles. The number of nitrogens with one attached hydrogen (secondary N) is 2. The van der Waals surface area contributed by atoms with Gasteiger partial charge in [-0.2, -0.15) is 0 Å². The highest BCUT2D eigenvalue weighted by Gasteiger charge is 1.98. The zero-order valence-corrected chi connectivity index (χ0v) is 8.93. The van der Waals surface area contributed by atoms with E-state index >= 15 is 0 Å². The van der Waals surface area contributed by atoms with E-state index in [1.165, 1.54) is 5.57 Å². The van der Waals surface area contributed by atoms with Gasteiger partial charge in [0, 0.05) is 32.9 Å². The maximum Gasteiger partial charge on any atom is 0.0245 e. The maximum absolute atomic E-state index is 3.76. The highest BCUT2D eigenvalue weighted by atomic mass is 15.1. The van der Waals surface area contributed by atoms with E-state index in [1.807, 2.05) is 26.4 Å². The van der Waals surface area contributed by atoms with Gasteiger partial charge in [0.05, 0.1) is 0 Å². The van der Waals surface area contributed by atoms with Crippen LogP contribution in [0.1, 0.15) is 0 Å². The first-order chi connectivity index (χ1) is 6.24. The Morgan fingerprint density at radius 2 is 2.15 bits per heavy atom. The average molecular weight is 183 g/mol. The minimum absolute atomic E-state index is 0.937. The van der Waals surface area contributed by atoms with Gasteiger partial charge in [0.2, 0.25) is 0 Å². The second-order valence-corrected chi connectivity index (χ2v) is 3.05. The molecule has 0 aliphatic carbocycles. The Morgan fingerprint density at radius 1 is 1.46 bits per heavy atom. The minimum Gasteiger partial charge on any atom is -0.394 e. The van der Waals surface area contributed by atoms with Crippen LogP contribution in [0.4, 0.5) is 0 Å². The molecule has 0 saturated heterocycles. The van der Waals surface area contributed by atoms with Crippen molar-refractivity contribution in [1.29, 1.82) is 0 Å². The highest BCUT2D eigenvalue weighted by Crippen LogP contribution is 1.96. The third kappa shape index (κ3) is 6.37. The lowest BCUT2D eigenvalue weighted by atomic mass is 10.2. The molecule has 0 rings (SSSR count). The van der Waals surface area contributed by atoms with E-state index in [4.69, 9.17) is 0 Å². The van der Waals surface area contributed by atoms with Gasteiger partial charge in [-0.15, -0.1) is 0 Å². The molecule has 0 unspecified atom stereocenters. The normalized spacial score (nSPS) is 11.8. The Labute approximate surface area is 81.5 Å². The molecule has 0 heterocycles. The van der Waals surface area contributed by atoms with Crippen molar-refractivity contribution in [2.45, 2.75) is 0 Å². The maximum atomic E-state index is 3.76. The van der Waals surface area contributed by atoms with Crippen LogP contribution in [0.15, 0.2) is 24.4 Å². The standard InChI is InChI=1S/C10H21N3/c1-5-10(8-12-3)9-13(4)7-6-11-2/h5,8,11-12H,1,6-7,9H2,2-4H3/b10-8+. The van der Waals surface area contributed by atoms with Gasteiger partial charge in [0.25, 0.3) is 0 Å². The van der Waals surface area contributed by atoms with E-state index in [2.05, 4.69) is 29.2 Å². The summed E-state index contributed by atoms with van der Waals surface area (Å²) >= 11 is 0. The molecule has 13 heavy (non-hydrogen) atoms. The van der Waals surface area contributed by atoms with Crippen LogP contribution >= 0.6 is 0 Å².